The highest BCUT2D eigenvalue weighted by Crippen LogP contribution is 2.26. The highest BCUT2D eigenvalue weighted by Gasteiger charge is 2.35. The van der Waals surface area contributed by atoms with Gasteiger partial charge in [-0.2, -0.15) is 0 Å². The minimum atomic E-state index is -0.558. The van der Waals surface area contributed by atoms with Crippen molar-refractivity contribution in [2.45, 2.75) is 13.8 Å². The molecule has 1 N–H and O–H groups in total. The van der Waals surface area contributed by atoms with Crippen LogP contribution >= 0.6 is 12.2 Å². The van der Waals surface area contributed by atoms with E-state index < -0.39 is 11.8 Å². The number of thiocarbonyl (C=S) groups is 1. The Labute approximate surface area is 178 Å². The van der Waals surface area contributed by atoms with Crippen molar-refractivity contribution in [3.05, 3.63) is 89.0 Å². The van der Waals surface area contributed by atoms with Crippen molar-refractivity contribution in [2.75, 3.05) is 4.90 Å². The Morgan fingerprint density at radius 1 is 1.03 bits per heavy atom. The summed E-state index contributed by atoms with van der Waals surface area (Å²) in [5, 5.41) is 2.64. The SMILES string of the molecule is Cc1ccc(N2C(=O)C(=Cc3cccn3-c3ccc(F)cc3)C(=O)NC2=S)c(C)c1. The average Bonchev–Trinajstić information content (AvgIpc) is 3.15. The van der Waals surface area contributed by atoms with Gasteiger partial charge < -0.3 is 4.57 Å². The van der Waals surface area contributed by atoms with Gasteiger partial charge in [0.2, 0.25) is 0 Å². The van der Waals surface area contributed by atoms with Gasteiger partial charge in [0, 0.05) is 17.6 Å². The Hall–Kier alpha value is -3.58. The van der Waals surface area contributed by atoms with Crippen molar-refractivity contribution in [1.29, 1.82) is 0 Å². The summed E-state index contributed by atoms with van der Waals surface area (Å²) in [6.45, 7) is 3.85. The minimum Gasteiger partial charge on any atom is -0.317 e. The van der Waals surface area contributed by atoms with Gasteiger partial charge in [0.25, 0.3) is 11.8 Å². The van der Waals surface area contributed by atoms with Gasteiger partial charge in [0.15, 0.2) is 5.11 Å². The van der Waals surface area contributed by atoms with E-state index in [0.717, 1.165) is 11.1 Å². The van der Waals surface area contributed by atoms with E-state index >= 15 is 0 Å². The molecule has 0 bridgehead atoms. The van der Waals surface area contributed by atoms with E-state index in [4.69, 9.17) is 12.2 Å². The van der Waals surface area contributed by atoms with Crippen LogP contribution in [0.5, 0.6) is 0 Å². The predicted octanol–water partition coefficient (Wildman–Crippen LogP) is 4.06. The van der Waals surface area contributed by atoms with Crippen LogP contribution in [0, 0.1) is 19.7 Å². The van der Waals surface area contributed by atoms with Crippen LogP contribution in [0.25, 0.3) is 11.8 Å². The van der Waals surface area contributed by atoms with Crippen LogP contribution in [0.1, 0.15) is 16.8 Å². The number of carbonyl (C=O) groups excluding carboxylic acids is 2. The molecule has 30 heavy (non-hydrogen) atoms. The maximum atomic E-state index is 13.3. The molecule has 2 heterocycles. The molecular weight excluding hydrogens is 401 g/mol. The van der Waals surface area contributed by atoms with Crippen LogP contribution in [-0.4, -0.2) is 21.5 Å². The second-order valence-corrected chi connectivity index (χ2v) is 7.41. The van der Waals surface area contributed by atoms with Gasteiger partial charge in [-0.1, -0.05) is 17.7 Å². The Morgan fingerprint density at radius 3 is 2.47 bits per heavy atom. The molecule has 7 heteroatoms. The third-order valence-corrected chi connectivity index (χ3v) is 5.16. The first-order chi connectivity index (χ1) is 14.3. The van der Waals surface area contributed by atoms with E-state index in [1.54, 1.807) is 35.0 Å². The van der Waals surface area contributed by atoms with Crippen molar-refractivity contribution in [2.24, 2.45) is 0 Å². The number of carbonyl (C=O) groups is 2. The number of anilines is 1. The number of amides is 2. The van der Waals surface area contributed by atoms with Gasteiger partial charge in [-0.05, 0) is 80.2 Å². The van der Waals surface area contributed by atoms with Crippen LogP contribution in [-0.2, 0) is 9.59 Å². The van der Waals surface area contributed by atoms with E-state index in [0.29, 0.717) is 17.1 Å². The molecule has 0 spiro atoms. The number of hydrogen-bond acceptors (Lipinski definition) is 3. The molecule has 0 unspecified atom stereocenters. The van der Waals surface area contributed by atoms with Gasteiger partial charge in [0.05, 0.1) is 5.69 Å². The van der Waals surface area contributed by atoms with Crippen LogP contribution in [0.4, 0.5) is 10.1 Å². The van der Waals surface area contributed by atoms with E-state index in [2.05, 4.69) is 5.32 Å². The summed E-state index contributed by atoms with van der Waals surface area (Å²) < 4.78 is 15.0. The normalized spacial score (nSPS) is 15.6. The molecular formula is C23H18FN3O2S. The van der Waals surface area contributed by atoms with E-state index in [-0.39, 0.29) is 16.5 Å². The third-order valence-electron chi connectivity index (χ3n) is 4.87. The first-order valence-corrected chi connectivity index (χ1v) is 9.68. The second kappa shape index (κ2) is 7.68. The molecule has 150 valence electrons. The topological polar surface area (TPSA) is 54.3 Å². The lowest BCUT2D eigenvalue weighted by molar-refractivity contribution is -0.122. The molecule has 2 amide bonds. The van der Waals surface area contributed by atoms with Gasteiger partial charge in [-0.25, -0.2) is 4.39 Å². The maximum absolute atomic E-state index is 13.3. The fourth-order valence-electron chi connectivity index (χ4n) is 3.43. The molecule has 3 aromatic rings. The smallest absolute Gasteiger partial charge is 0.270 e. The van der Waals surface area contributed by atoms with E-state index in [1.165, 1.54) is 23.1 Å². The highest BCUT2D eigenvalue weighted by molar-refractivity contribution is 7.80. The Bertz CT molecular complexity index is 1210. The largest absolute Gasteiger partial charge is 0.317 e. The molecule has 0 radical (unpaired) electrons. The molecule has 1 saturated heterocycles. The van der Waals surface area contributed by atoms with Crippen LogP contribution in [0.2, 0.25) is 0 Å². The molecule has 5 nitrogen and oxygen atoms in total. The number of benzene rings is 2. The quantitative estimate of drug-likeness (QED) is 0.396. The highest BCUT2D eigenvalue weighted by atomic mass is 32.1. The molecule has 0 saturated carbocycles. The Kier molecular flexibility index (Phi) is 5.05. The zero-order chi connectivity index (χ0) is 21.4. The zero-order valence-electron chi connectivity index (χ0n) is 16.3. The molecule has 0 atom stereocenters. The molecule has 2 aromatic carbocycles. The first kappa shape index (κ1) is 19.7. The van der Waals surface area contributed by atoms with Crippen molar-refractivity contribution in [1.82, 2.24) is 9.88 Å². The number of nitrogens with one attached hydrogen (secondary N) is 1. The number of nitrogens with zero attached hydrogens (tertiary/aromatic N) is 2. The summed E-state index contributed by atoms with van der Waals surface area (Å²) in [6, 6.07) is 15.1. The molecule has 1 aromatic heterocycles. The summed E-state index contributed by atoms with van der Waals surface area (Å²) in [5.74, 6) is -1.40. The molecule has 1 fully saturated rings. The fourth-order valence-corrected chi connectivity index (χ4v) is 3.70. The Morgan fingerprint density at radius 2 is 1.77 bits per heavy atom. The maximum Gasteiger partial charge on any atom is 0.270 e. The lowest BCUT2D eigenvalue weighted by atomic mass is 10.1. The monoisotopic (exact) mass is 419 g/mol. The summed E-state index contributed by atoms with van der Waals surface area (Å²) >= 11 is 5.28. The summed E-state index contributed by atoms with van der Waals surface area (Å²) in [6.07, 6.45) is 3.29. The first-order valence-electron chi connectivity index (χ1n) is 9.27. The van der Waals surface area contributed by atoms with Gasteiger partial charge in [-0.3, -0.25) is 19.8 Å². The van der Waals surface area contributed by atoms with Gasteiger partial charge >= 0.3 is 0 Å². The standard InChI is InChI=1S/C23H18FN3O2S/c1-14-5-10-20(15(2)12-14)27-22(29)19(21(28)25-23(27)30)13-18-4-3-11-26(18)17-8-6-16(24)7-9-17/h3-13H,1-2H3,(H,25,28,30). The number of aryl methyl sites for hydroxylation is 2. The van der Waals surface area contributed by atoms with Crippen LogP contribution in [0.15, 0.2) is 66.4 Å². The number of halogens is 1. The zero-order valence-corrected chi connectivity index (χ0v) is 17.2. The lowest BCUT2D eigenvalue weighted by Crippen LogP contribution is -2.54. The van der Waals surface area contributed by atoms with Crippen molar-refractivity contribution >= 4 is 40.9 Å². The molecule has 1 aliphatic heterocycles. The van der Waals surface area contributed by atoms with Gasteiger partial charge in [0.1, 0.15) is 11.4 Å². The molecule has 0 aliphatic carbocycles. The summed E-state index contributed by atoms with van der Waals surface area (Å²) in [5.41, 5.74) is 3.83. The summed E-state index contributed by atoms with van der Waals surface area (Å²) in [7, 11) is 0. The predicted molar refractivity (Wildman–Crippen MR) is 118 cm³/mol. The van der Waals surface area contributed by atoms with Crippen LogP contribution < -0.4 is 10.2 Å². The van der Waals surface area contributed by atoms with Gasteiger partial charge in [-0.15, -0.1) is 0 Å². The van der Waals surface area contributed by atoms with Crippen molar-refractivity contribution < 1.29 is 14.0 Å². The number of aromatic nitrogens is 1. The van der Waals surface area contributed by atoms with Crippen molar-refractivity contribution in [3.63, 3.8) is 0 Å². The minimum absolute atomic E-state index is 0.0364. The molecule has 4 rings (SSSR count). The summed E-state index contributed by atoms with van der Waals surface area (Å²) in [4.78, 5) is 27.2. The number of rotatable bonds is 3. The van der Waals surface area contributed by atoms with Crippen molar-refractivity contribution in [3.8, 4) is 5.69 Å². The van der Waals surface area contributed by atoms with E-state index in [9.17, 15) is 14.0 Å². The lowest BCUT2D eigenvalue weighted by Gasteiger charge is -2.30. The van der Waals surface area contributed by atoms with E-state index in [1.807, 2.05) is 32.0 Å². The average molecular weight is 419 g/mol. The van der Waals surface area contributed by atoms with Crippen LogP contribution in [0.3, 0.4) is 0 Å². The molecule has 1 aliphatic rings. The third kappa shape index (κ3) is 3.55. The second-order valence-electron chi connectivity index (χ2n) is 7.03. The fraction of sp³-hybridized carbons (Fsp3) is 0.0870. The Balaban J connectivity index is 1.76. The number of hydrogen-bond donors (Lipinski definition) is 1.